The summed E-state index contributed by atoms with van der Waals surface area (Å²) in [5.74, 6) is 0. The third-order valence-corrected chi connectivity index (χ3v) is 0.406. The number of hydrogen-bond donors (Lipinski definition) is 1. The summed E-state index contributed by atoms with van der Waals surface area (Å²) in [6.07, 6.45) is 5.08. The lowest BCUT2D eigenvalue weighted by Crippen LogP contribution is -1.44. The van der Waals surface area contributed by atoms with Crippen LogP contribution >= 0.6 is 0 Å². The second-order valence-corrected chi connectivity index (χ2v) is 0.761. The predicted octanol–water partition coefficient (Wildman–Crippen LogP) is -0.190. The molecule has 0 bridgehead atoms. The number of aromatic nitrogens is 2. The van der Waals surface area contributed by atoms with Crippen molar-refractivity contribution in [1.82, 2.24) is 9.97 Å². The highest BCUT2D eigenvalue weighted by atomic mass is 28.1. The molecule has 2 nitrogen and oxygen atoms in total. The normalized spacial score (nSPS) is 7.00. The van der Waals surface area contributed by atoms with Crippen LogP contribution in [0.15, 0.2) is 18.7 Å². The number of nitrogens with zero attached hydrogens (tertiary/aromatic N) is 1. The van der Waals surface area contributed by atoms with Crippen LogP contribution in [-0.2, 0) is 0 Å². The maximum Gasteiger partial charge on any atom is 0.0919 e. The molecule has 0 aromatic carbocycles. The summed E-state index contributed by atoms with van der Waals surface area (Å²) in [5, 5.41) is 0. The van der Waals surface area contributed by atoms with Gasteiger partial charge in [-0.1, -0.05) is 6.55 Å². The topological polar surface area (TPSA) is 28.7 Å². The summed E-state index contributed by atoms with van der Waals surface area (Å²) in [7, 11) is 1.31. The first-order chi connectivity index (χ1) is 3.50. The van der Waals surface area contributed by atoms with E-state index >= 15 is 0 Å². The molecule has 0 saturated heterocycles. The lowest BCUT2D eigenvalue weighted by Gasteiger charge is -1.46. The van der Waals surface area contributed by atoms with E-state index in [1.807, 2.05) is 0 Å². The van der Waals surface area contributed by atoms with Crippen molar-refractivity contribution in [3.05, 3.63) is 18.7 Å². The Kier molecular flexibility index (Phi) is 4.98. The van der Waals surface area contributed by atoms with Crippen LogP contribution < -0.4 is 0 Å². The zero-order valence-electron chi connectivity index (χ0n) is 4.68. The highest BCUT2D eigenvalue weighted by Gasteiger charge is 1.56. The van der Waals surface area contributed by atoms with Gasteiger partial charge in [0.2, 0.25) is 0 Å². The molecule has 0 radical (unpaired) electrons. The van der Waals surface area contributed by atoms with Crippen LogP contribution in [-0.4, -0.2) is 20.2 Å². The van der Waals surface area contributed by atoms with Gasteiger partial charge in [0.1, 0.15) is 0 Å². The highest BCUT2D eigenvalue weighted by molar-refractivity contribution is 6.05. The summed E-state index contributed by atoms with van der Waals surface area (Å²) in [4.78, 5) is 6.42. The minimum absolute atomic E-state index is 1.31. The minimum Gasteiger partial charge on any atom is -0.351 e. The zero-order valence-corrected chi connectivity index (χ0v) is 6.68. The van der Waals surface area contributed by atoms with E-state index in [1.165, 1.54) is 10.2 Å². The van der Waals surface area contributed by atoms with Crippen molar-refractivity contribution in [2.75, 3.05) is 0 Å². The van der Waals surface area contributed by atoms with Gasteiger partial charge in [-0.2, -0.15) is 0 Å². The highest BCUT2D eigenvalue weighted by Crippen LogP contribution is 1.62. The van der Waals surface area contributed by atoms with E-state index in [0.29, 0.717) is 0 Å². The Morgan fingerprint density at radius 2 is 2.29 bits per heavy atom. The Labute approximate surface area is 46.4 Å². The second-order valence-electron chi connectivity index (χ2n) is 0.761. The van der Waals surface area contributed by atoms with Gasteiger partial charge in [0, 0.05) is 12.4 Å². The molecule has 0 aliphatic carbocycles. The molecule has 1 aromatic heterocycles. The van der Waals surface area contributed by atoms with E-state index in [-0.39, 0.29) is 0 Å². The molecule has 1 N–H and O–H groups in total. The second kappa shape index (κ2) is 5.43. The molecule has 0 unspecified atom stereocenters. The lowest BCUT2D eigenvalue weighted by atomic mass is 11.0. The monoisotopic (exact) mass is 114 g/mol. The van der Waals surface area contributed by atoms with Crippen LogP contribution in [0.2, 0.25) is 6.55 Å². The number of hydrogen-bond acceptors (Lipinski definition) is 1. The van der Waals surface area contributed by atoms with Gasteiger partial charge in [0.25, 0.3) is 0 Å². The Bertz CT molecular complexity index is 66.2. The van der Waals surface area contributed by atoms with Crippen LogP contribution in [0.25, 0.3) is 0 Å². The molecule has 0 amide bonds. The molecule has 3 heteroatoms. The van der Waals surface area contributed by atoms with E-state index in [4.69, 9.17) is 0 Å². The quantitative estimate of drug-likeness (QED) is 0.465. The maximum absolute atomic E-state index is 3.67. The van der Waals surface area contributed by atoms with Crippen molar-refractivity contribution >= 4 is 10.2 Å². The largest absolute Gasteiger partial charge is 0.351 e. The first-order valence-electron chi connectivity index (χ1n) is 2.43. The van der Waals surface area contributed by atoms with Crippen LogP contribution in [0.4, 0.5) is 0 Å². The molecule has 0 spiro atoms. The molecule has 0 aliphatic heterocycles. The van der Waals surface area contributed by atoms with Crippen molar-refractivity contribution < 1.29 is 0 Å². The lowest BCUT2D eigenvalue weighted by molar-refractivity contribution is 1.31. The smallest absolute Gasteiger partial charge is 0.0919 e. The van der Waals surface area contributed by atoms with Crippen molar-refractivity contribution in [2.45, 2.75) is 6.55 Å². The van der Waals surface area contributed by atoms with Gasteiger partial charge >= 0.3 is 0 Å². The molecule has 1 heterocycles. The Morgan fingerprint density at radius 3 is 2.43 bits per heavy atom. The average molecular weight is 114 g/mol. The SMILES string of the molecule is C[SiH3].c1c[nH]cn1. The molecule has 1 rings (SSSR count). The fraction of sp³-hybridized carbons (Fsp3) is 0.250. The van der Waals surface area contributed by atoms with E-state index in [2.05, 4.69) is 16.5 Å². The van der Waals surface area contributed by atoms with Crippen molar-refractivity contribution in [1.29, 1.82) is 0 Å². The Morgan fingerprint density at radius 1 is 1.57 bits per heavy atom. The Balaban J connectivity index is 0.000000162. The van der Waals surface area contributed by atoms with Gasteiger partial charge in [-0.3, -0.25) is 0 Å². The summed E-state index contributed by atoms with van der Waals surface area (Å²) >= 11 is 0. The molecule has 0 aliphatic rings. The third-order valence-electron chi connectivity index (χ3n) is 0.406. The first kappa shape index (κ1) is 6.43. The number of rotatable bonds is 0. The van der Waals surface area contributed by atoms with Crippen LogP contribution in [0.3, 0.4) is 0 Å². The molecule has 0 saturated carbocycles. The van der Waals surface area contributed by atoms with Crippen molar-refractivity contribution in [3.63, 3.8) is 0 Å². The predicted molar refractivity (Wildman–Crippen MR) is 34.4 cm³/mol. The zero-order chi connectivity index (χ0) is 5.54. The van der Waals surface area contributed by atoms with E-state index in [0.717, 1.165) is 0 Å². The summed E-state index contributed by atoms with van der Waals surface area (Å²) in [5.41, 5.74) is 0. The van der Waals surface area contributed by atoms with Crippen molar-refractivity contribution in [3.8, 4) is 0 Å². The summed E-state index contributed by atoms with van der Waals surface area (Å²) in [6, 6.07) is 0. The van der Waals surface area contributed by atoms with Gasteiger partial charge in [-0.25, -0.2) is 4.98 Å². The summed E-state index contributed by atoms with van der Waals surface area (Å²) < 4.78 is 0. The van der Waals surface area contributed by atoms with Gasteiger partial charge in [0.05, 0.1) is 6.33 Å². The fourth-order valence-corrected chi connectivity index (χ4v) is 0.215. The van der Waals surface area contributed by atoms with Crippen molar-refractivity contribution in [2.24, 2.45) is 0 Å². The van der Waals surface area contributed by atoms with Gasteiger partial charge < -0.3 is 4.98 Å². The maximum atomic E-state index is 3.67. The molecule has 40 valence electrons. The number of aromatic amines is 1. The number of H-pyrrole nitrogens is 1. The fourth-order valence-electron chi connectivity index (χ4n) is 0.215. The Hall–Kier alpha value is -0.573. The van der Waals surface area contributed by atoms with Crippen LogP contribution in [0, 0.1) is 0 Å². The third kappa shape index (κ3) is 3.25. The van der Waals surface area contributed by atoms with Gasteiger partial charge in [0.15, 0.2) is 0 Å². The van der Waals surface area contributed by atoms with E-state index in [9.17, 15) is 0 Å². The van der Waals surface area contributed by atoms with Gasteiger partial charge in [-0.15, -0.1) is 0 Å². The average Bonchev–Trinajstić information content (AvgIpc) is 2.23. The molecule has 7 heavy (non-hydrogen) atoms. The van der Waals surface area contributed by atoms with Gasteiger partial charge in [-0.05, 0) is 10.2 Å². The molecule has 1 aromatic rings. The molecule has 0 fully saturated rings. The van der Waals surface area contributed by atoms with Crippen LogP contribution in [0.1, 0.15) is 0 Å². The standard InChI is InChI=1S/C3H4N2.CH6Si/c1-2-5-3-4-1;1-2/h1-3H,(H,4,5);1-2H3. The molecular weight excluding hydrogens is 104 g/mol. The van der Waals surface area contributed by atoms with E-state index < -0.39 is 0 Å². The first-order valence-corrected chi connectivity index (χ1v) is 4.43. The van der Waals surface area contributed by atoms with E-state index in [1.54, 1.807) is 18.7 Å². The molecular formula is C4H10N2Si. The molecule has 0 atom stereocenters. The summed E-state index contributed by atoms with van der Waals surface area (Å²) in [6.45, 7) is 2.14. The number of imidazole rings is 1. The van der Waals surface area contributed by atoms with Crippen LogP contribution in [0.5, 0.6) is 0 Å². The minimum atomic E-state index is 1.31. The number of nitrogens with one attached hydrogen (secondary N) is 1.